The van der Waals surface area contributed by atoms with Crippen LogP contribution in [0.25, 0.3) is 0 Å². The smallest absolute Gasteiger partial charge is 0.0476 e. The van der Waals surface area contributed by atoms with Crippen LogP contribution >= 0.6 is 0 Å². The first-order chi connectivity index (χ1) is 7.22. The third-order valence-corrected chi connectivity index (χ3v) is 3.23. The molecule has 0 bridgehead atoms. The summed E-state index contributed by atoms with van der Waals surface area (Å²) in [6, 6.07) is 6.02. The van der Waals surface area contributed by atoms with Crippen LogP contribution in [0.1, 0.15) is 12.0 Å². The second kappa shape index (κ2) is 4.11. The largest absolute Gasteiger partial charge is 0.398 e. The molecule has 1 aliphatic heterocycles. The fraction of sp³-hybridized carbons (Fsp3) is 0.500. The van der Waals surface area contributed by atoms with Crippen molar-refractivity contribution in [2.75, 3.05) is 30.3 Å². The molecule has 82 valence electrons. The van der Waals surface area contributed by atoms with Crippen molar-refractivity contribution in [1.29, 1.82) is 0 Å². The SMILES string of the molecule is Cc1c(N)cccc1N1CCC(CO)C1. The standard InChI is InChI=1S/C12H18N2O/c1-9-11(13)3-2-4-12(9)14-6-5-10(7-14)8-15/h2-4,10,15H,5-8,13H2,1H3. The van der Waals surface area contributed by atoms with Gasteiger partial charge in [-0.25, -0.2) is 0 Å². The quantitative estimate of drug-likeness (QED) is 0.719. The van der Waals surface area contributed by atoms with Gasteiger partial charge >= 0.3 is 0 Å². The van der Waals surface area contributed by atoms with Crippen molar-refractivity contribution >= 4 is 11.4 Å². The molecule has 1 saturated heterocycles. The number of nitrogens with two attached hydrogens (primary N) is 1. The second-order valence-corrected chi connectivity index (χ2v) is 4.27. The molecular weight excluding hydrogens is 188 g/mol. The maximum absolute atomic E-state index is 9.10. The van der Waals surface area contributed by atoms with E-state index in [1.165, 1.54) is 5.69 Å². The number of aliphatic hydroxyl groups is 1. The van der Waals surface area contributed by atoms with Crippen molar-refractivity contribution in [3.63, 3.8) is 0 Å². The predicted molar refractivity (Wildman–Crippen MR) is 63.0 cm³/mol. The first-order valence-electron chi connectivity index (χ1n) is 5.43. The Labute approximate surface area is 90.5 Å². The maximum Gasteiger partial charge on any atom is 0.0476 e. The highest BCUT2D eigenvalue weighted by atomic mass is 16.3. The molecule has 0 spiro atoms. The Morgan fingerprint density at radius 1 is 1.53 bits per heavy atom. The lowest BCUT2D eigenvalue weighted by atomic mass is 10.1. The van der Waals surface area contributed by atoms with E-state index in [1.807, 2.05) is 12.1 Å². The van der Waals surface area contributed by atoms with Crippen molar-refractivity contribution in [2.24, 2.45) is 5.92 Å². The number of nitrogens with zero attached hydrogens (tertiary/aromatic N) is 1. The molecule has 3 heteroatoms. The molecule has 1 atom stereocenters. The van der Waals surface area contributed by atoms with E-state index in [-0.39, 0.29) is 6.61 Å². The van der Waals surface area contributed by atoms with Gasteiger partial charge in [0.15, 0.2) is 0 Å². The first kappa shape index (κ1) is 10.3. The van der Waals surface area contributed by atoms with Crippen molar-refractivity contribution in [2.45, 2.75) is 13.3 Å². The zero-order chi connectivity index (χ0) is 10.8. The van der Waals surface area contributed by atoms with E-state index < -0.39 is 0 Å². The molecular formula is C12H18N2O. The summed E-state index contributed by atoms with van der Waals surface area (Å²) < 4.78 is 0. The normalized spacial score (nSPS) is 20.9. The molecule has 1 aliphatic rings. The molecule has 1 fully saturated rings. The highest BCUT2D eigenvalue weighted by molar-refractivity contribution is 5.64. The van der Waals surface area contributed by atoms with Crippen LogP contribution in [0.5, 0.6) is 0 Å². The molecule has 0 aromatic heterocycles. The van der Waals surface area contributed by atoms with Gasteiger partial charge in [0, 0.05) is 37.0 Å². The number of hydrogen-bond donors (Lipinski definition) is 2. The van der Waals surface area contributed by atoms with E-state index in [0.29, 0.717) is 5.92 Å². The second-order valence-electron chi connectivity index (χ2n) is 4.27. The summed E-state index contributed by atoms with van der Waals surface area (Å²) in [5, 5.41) is 9.10. The molecule has 2 rings (SSSR count). The van der Waals surface area contributed by atoms with Crippen LogP contribution in [0, 0.1) is 12.8 Å². The number of rotatable bonds is 2. The number of aliphatic hydroxyl groups excluding tert-OH is 1. The summed E-state index contributed by atoms with van der Waals surface area (Å²) in [6.45, 7) is 4.31. The molecule has 0 saturated carbocycles. The Kier molecular flexibility index (Phi) is 2.82. The molecule has 1 aromatic rings. The predicted octanol–water partition coefficient (Wildman–Crippen LogP) is 1.40. The number of benzene rings is 1. The highest BCUT2D eigenvalue weighted by Crippen LogP contribution is 2.29. The van der Waals surface area contributed by atoms with E-state index in [0.717, 1.165) is 30.8 Å². The minimum Gasteiger partial charge on any atom is -0.398 e. The summed E-state index contributed by atoms with van der Waals surface area (Å²) in [5.41, 5.74) is 9.09. The number of nitrogen functional groups attached to an aromatic ring is 1. The van der Waals surface area contributed by atoms with Gasteiger partial charge < -0.3 is 15.7 Å². The van der Waals surface area contributed by atoms with Crippen molar-refractivity contribution < 1.29 is 5.11 Å². The molecule has 0 radical (unpaired) electrons. The number of anilines is 2. The zero-order valence-corrected chi connectivity index (χ0v) is 9.11. The Balaban J connectivity index is 2.20. The fourth-order valence-electron chi connectivity index (χ4n) is 2.18. The first-order valence-corrected chi connectivity index (χ1v) is 5.43. The van der Waals surface area contributed by atoms with Gasteiger partial charge in [-0.1, -0.05) is 6.07 Å². The van der Waals surface area contributed by atoms with Crippen LogP contribution in [0.15, 0.2) is 18.2 Å². The summed E-state index contributed by atoms with van der Waals surface area (Å²) in [6.07, 6.45) is 1.07. The third-order valence-electron chi connectivity index (χ3n) is 3.23. The Hall–Kier alpha value is -1.22. The topological polar surface area (TPSA) is 49.5 Å². The average Bonchev–Trinajstić information content (AvgIpc) is 2.70. The van der Waals surface area contributed by atoms with Gasteiger partial charge in [-0.3, -0.25) is 0 Å². The van der Waals surface area contributed by atoms with Crippen LogP contribution in [0.3, 0.4) is 0 Å². The molecule has 3 nitrogen and oxygen atoms in total. The lowest BCUT2D eigenvalue weighted by Crippen LogP contribution is -2.21. The monoisotopic (exact) mass is 206 g/mol. The van der Waals surface area contributed by atoms with Crippen molar-refractivity contribution in [1.82, 2.24) is 0 Å². The van der Waals surface area contributed by atoms with Gasteiger partial charge in [0.05, 0.1) is 0 Å². The van der Waals surface area contributed by atoms with E-state index in [4.69, 9.17) is 10.8 Å². The van der Waals surface area contributed by atoms with Crippen molar-refractivity contribution in [3.05, 3.63) is 23.8 Å². The van der Waals surface area contributed by atoms with Crippen LogP contribution < -0.4 is 10.6 Å². The van der Waals surface area contributed by atoms with Gasteiger partial charge in [0.2, 0.25) is 0 Å². The van der Waals surface area contributed by atoms with Crippen LogP contribution in [0.4, 0.5) is 11.4 Å². The van der Waals surface area contributed by atoms with Gasteiger partial charge in [0.25, 0.3) is 0 Å². The Morgan fingerprint density at radius 3 is 3.00 bits per heavy atom. The molecule has 3 N–H and O–H groups in total. The Bertz CT molecular complexity index is 351. The van der Waals surface area contributed by atoms with Gasteiger partial charge in [-0.05, 0) is 31.0 Å². The molecule has 1 aromatic carbocycles. The maximum atomic E-state index is 9.10. The molecule has 0 amide bonds. The van der Waals surface area contributed by atoms with Crippen molar-refractivity contribution in [3.8, 4) is 0 Å². The highest BCUT2D eigenvalue weighted by Gasteiger charge is 2.22. The lowest BCUT2D eigenvalue weighted by Gasteiger charge is -2.21. The van der Waals surface area contributed by atoms with Crippen LogP contribution in [0.2, 0.25) is 0 Å². The molecule has 1 heterocycles. The third kappa shape index (κ3) is 1.92. The van der Waals surface area contributed by atoms with Crippen LogP contribution in [-0.2, 0) is 0 Å². The van der Waals surface area contributed by atoms with Crippen LogP contribution in [-0.4, -0.2) is 24.8 Å². The Morgan fingerprint density at radius 2 is 2.33 bits per heavy atom. The fourth-order valence-corrected chi connectivity index (χ4v) is 2.18. The van der Waals surface area contributed by atoms with E-state index >= 15 is 0 Å². The zero-order valence-electron chi connectivity index (χ0n) is 9.11. The lowest BCUT2D eigenvalue weighted by molar-refractivity contribution is 0.238. The summed E-state index contributed by atoms with van der Waals surface area (Å²) in [4.78, 5) is 2.31. The molecule has 1 unspecified atom stereocenters. The van der Waals surface area contributed by atoms with E-state index in [9.17, 15) is 0 Å². The summed E-state index contributed by atoms with van der Waals surface area (Å²) in [5.74, 6) is 0.422. The minimum atomic E-state index is 0.290. The summed E-state index contributed by atoms with van der Waals surface area (Å²) in [7, 11) is 0. The van der Waals surface area contributed by atoms with Gasteiger partial charge in [-0.15, -0.1) is 0 Å². The van der Waals surface area contributed by atoms with E-state index in [1.54, 1.807) is 0 Å². The molecule has 0 aliphatic carbocycles. The number of hydrogen-bond acceptors (Lipinski definition) is 3. The summed E-state index contributed by atoms with van der Waals surface area (Å²) >= 11 is 0. The van der Waals surface area contributed by atoms with Gasteiger partial charge in [-0.2, -0.15) is 0 Å². The minimum absolute atomic E-state index is 0.290. The molecule has 15 heavy (non-hydrogen) atoms. The van der Waals surface area contributed by atoms with E-state index in [2.05, 4.69) is 17.9 Å². The van der Waals surface area contributed by atoms with Gasteiger partial charge in [0.1, 0.15) is 0 Å². The average molecular weight is 206 g/mol.